The monoisotopic (exact) mass is 235 g/mol. The third-order valence-electron chi connectivity index (χ3n) is 2.99. The SMILES string of the molecule is CCCCCCCOc1ccc(CC)cc1N. The molecule has 0 saturated heterocycles. The molecule has 2 heteroatoms. The van der Waals surface area contributed by atoms with Crippen molar-refractivity contribution >= 4 is 5.69 Å². The second-order valence-electron chi connectivity index (χ2n) is 4.49. The highest BCUT2D eigenvalue weighted by molar-refractivity contribution is 5.54. The lowest BCUT2D eigenvalue weighted by molar-refractivity contribution is 0.306. The lowest BCUT2D eigenvalue weighted by atomic mass is 10.1. The predicted molar refractivity (Wildman–Crippen MR) is 74.5 cm³/mol. The molecule has 0 aliphatic rings. The van der Waals surface area contributed by atoms with Gasteiger partial charge in [-0.05, 0) is 30.5 Å². The molecule has 0 spiro atoms. The van der Waals surface area contributed by atoms with Crippen LogP contribution in [0.25, 0.3) is 0 Å². The van der Waals surface area contributed by atoms with Gasteiger partial charge in [0, 0.05) is 0 Å². The minimum Gasteiger partial charge on any atom is -0.491 e. The lowest BCUT2D eigenvalue weighted by Crippen LogP contribution is -2.01. The first-order valence-corrected chi connectivity index (χ1v) is 6.79. The first-order valence-electron chi connectivity index (χ1n) is 6.79. The van der Waals surface area contributed by atoms with E-state index in [2.05, 4.69) is 19.9 Å². The number of nitrogen functional groups attached to an aromatic ring is 1. The maximum Gasteiger partial charge on any atom is 0.142 e. The molecule has 0 bridgehead atoms. The van der Waals surface area contributed by atoms with E-state index in [0.717, 1.165) is 30.9 Å². The summed E-state index contributed by atoms with van der Waals surface area (Å²) < 4.78 is 5.69. The van der Waals surface area contributed by atoms with Gasteiger partial charge in [0.05, 0.1) is 12.3 Å². The van der Waals surface area contributed by atoms with Crippen LogP contribution in [0.1, 0.15) is 51.5 Å². The van der Waals surface area contributed by atoms with E-state index in [-0.39, 0.29) is 0 Å². The Morgan fingerprint density at radius 2 is 1.82 bits per heavy atom. The smallest absolute Gasteiger partial charge is 0.142 e. The molecule has 0 fully saturated rings. The second-order valence-corrected chi connectivity index (χ2v) is 4.49. The molecule has 0 heterocycles. The van der Waals surface area contributed by atoms with Gasteiger partial charge in [0.1, 0.15) is 5.75 Å². The third-order valence-corrected chi connectivity index (χ3v) is 2.99. The summed E-state index contributed by atoms with van der Waals surface area (Å²) in [5.74, 6) is 0.831. The molecule has 0 saturated carbocycles. The van der Waals surface area contributed by atoms with Crippen molar-refractivity contribution in [1.82, 2.24) is 0 Å². The van der Waals surface area contributed by atoms with E-state index in [1.54, 1.807) is 0 Å². The normalized spacial score (nSPS) is 10.5. The lowest BCUT2D eigenvalue weighted by Gasteiger charge is -2.09. The maximum atomic E-state index is 5.93. The molecule has 17 heavy (non-hydrogen) atoms. The van der Waals surface area contributed by atoms with Crippen molar-refractivity contribution in [3.8, 4) is 5.75 Å². The molecule has 1 aromatic rings. The van der Waals surface area contributed by atoms with Crippen LogP contribution >= 0.6 is 0 Å². The number of benzene rings is 1. The highest BCUT2D eigenvalue weighted by Gasteiger charge is 2.00. The Morgan fingerprint density at radius 3 is 2.47 bits per heavy atom. The van der Waals surface area contributed by atoms with E-state index in [1.807, 2.05) is 12.1 Å². The highest BCUT2D eigenvalue weighted by Crippen LogP contribution is 2.23. The Bertz CT molecular complexity index is 323. The number of unbranched alkanes of at least 4 members (excludes halogenated alkanes) is 4. The van der Waals surface area contributed by atoms with E-state index >= 15 is 0 Å². The first-order chi connectivity index (χ1) is 8.27. The van der Waals surface area contributed by atoms with Crippen LogP contribution in [0.2, 0.25) is 0 Å². The van der Waals surface area contributed by atoms with Crippen molar-refractivity contribution in [2.45, 2.75) is 52.4 Å². The molecule has 0 unspecified atom stereocenters. The van der Waals surface area contributed by atoms with E-state index in [0.29, 0.717) is 0 Å². The van der Waals surface area contributed by atoms with Gasteiger partial charge in [-0.3, -0.25) is 0 Å². The average molecular weight is 235 g/mol. The van der Waals surface area contributed by atoms with Crippen molar-refractivity contribution in [1.29, 1.82) is 0 Å². The Hall–Kier alpha value is -1.18. The number of anilines is 1. The minimum absolute atomic E-state index is 0.762. The Morgan fingerprint density at radius 1 is 1.06 bits per heavy atom. The van der Waals surface area contributed by atoms with E-state index < -0.39 is 0 Å². The zero-order valence-electron chi connectivity index (χ0n) is 11.2. The Labute approximate surface area is 105 Å². The van der Waals surface area contributed by atoms with Gasteiger partial charge in [0.2, 0.25) is 0 Å². The third kappa shape index (κ3) is 5.12. The summed E-state index contributed by atoms with van der Waals surface area (Å²) in [7, 11) is 0. The van der Waals surface area contributed by atoms with Crippen molar-refractivity contribution in [3.63, 3.8) is 0 Å². The fourth-order valence-electron chi connectivity index (χ4n) is 1.84. The second kappa shape index (κ2) is 7.99. The molecular formula is C15H25NO. The summed E-state index contributed by atoms with van der Waals surface area (Å²) in [4.78, 5) is 0. The van der Waals surface area contributed by atoms with Crippen LogP contribution < -0.4 is 10.5 Å². The molecule has 96 valence electrons. The van der Waals surface area contributed by atoms with Crippen molar-refractivity contribution < 1.29 is 4.74 Å². The molecule has 1 rings (SSSR count). The van der Waals surface area contributed by atoms with E-state index in [9.17, 15) is 0 Å². The number of hydrogen-bond acceptors (Lipinski definition) is 2. The summed E-state index contributed by atoms with van der Waals surface area (Å²) in [5.41, 5.74) is 7.96. The van der Waals surface area contributed by atoms with Crippen molar-refractivity contribution in [2.24, 2.45) is 0 Å². The van der Waals surface area contributed by atoms with E-state index in [4.69, 9.17) is 10.5 Å². The number of rotatable bonds is 8. The molecule has 0 aromatic heterocycles. The molecule has 0 aliphatic carbocycles. The molecule has 1 aromatic carbocycles. The molecule has 0 atom stereocenters. The van der Waals surface area contributed by atoms with Crippen LogP contribution in [0.4, 0.5) is 5.69 Å². The maximum absolute atomic E-state index is 5.93. The zero-order chi connectivity index (χ0) is 12.5. The van der Waals surface area contributed by atoms with Crippen LogP contribution in [0.3, 0.4) is 0 Å². The molecular weight excluding hydrogens is 210 g/mol. The van der Waals surface area contributed by atoms with Crippen molar-refractivity contribution in [2.75, 3.05) is 12.3 Å². The van der Waals surface area contributed by atoms with Gasteiger partial charge in [-0.1, -0.05) is 45.6 Å². The van der Waals surface area contributed by atoms with Gasteiger partial charge >= 0.3 is 0 Å². The van der Waals surface area contributed by atoms with Gasteiger partial charge in [-0.15, -0.1) is 0 Å². The van der Waals surface area contributed by atoms with Gasteiger partial charge in [-0.25, -0.2) is 0 Å². The van der Waals surface area contributed by atoms with Crippen molar-refractivity contribution in [3.05, 3.63) is 23.8 Å². The van der Waals surface area contributed by atoms with Crippen LogP contribution in [-0.4, -0.2) is 6.61 Å². The number of aryl methyl sites for hydroxylation is 1. The van der Waals surface area contributed by atoms with Gasteiger partial charge in [-0.2, -0.15) is 0 Å². The Balaban J connectivity index is 2.27. The van der Waals surface area contributed by atoms with Crippen LogP contribution in [-0.2, 0) is 6.42 Å². The largest absolute Gasteiger partial charge is 0.491 e. The fraction of sp³-hybridized carbons (Fsp3) is 0.600. The molecule has 0 aliphatic heterocycles. The van der Waals surface area contributed by atoms with Crippen LogP contribution in [0.15, 0.2) is 18.2 Å². The molecule has 2 nitrogen and oxygen atoms in total. The van der Waals surface area contributed by atoms with Crippen LogP contribution in [0.5, 0.6) is 5.75 Å². The number of ether oxygens (including phenoxy) is 1. The summed E-state index contributed by atoms with van der Waals surface area (Å²) in [6, 6.07) is 6.08. The number of hydrogen-bond donors (Lipinski definition) is 1. The predicted octanol–water partition coefficient (Wildman–Crippen LogP) is 4.18. The molecule has 0 radical (unpaired) electrons. The van der Waals surface area contributed by atoms with Gasteiger partial charge in [0.25, 0.3) is 0 Å². The highest BCUT2D eigenvalue weighted by atomic mass is 16.5. The van der Waals surface area contributed by atoms with Gasteiger partial charge < -0.3 is 10.5 Å². The summed E-state index contributed by atoms with van der Waals surface area (Å²) in [6.07, 6.45) is 7.31. The Kier molecular flexibility index (Phi) is 6.53. The van der Waals surface area contributed by atoms with Crippen LogP contribution in [0, 0.1) is 0 Å². The minimum atomic E-state index is 0.762. The number of nitrogens with two attached hydrogens (primary N) is 1. The standard InChI is InChI=1S/C15H25NO/c1-3-5-6-7-8-11-17-15-10-9-13(4-2)12-14(15)16/h9-10,12H,3-8,11,16H2,1-2H3. The molecule has 2 N–H and O–H groups in total. The summed E-state index contributed by atoms with van der Waals surface area (Å²) >= 11 is 0. The van der Waals surface area contributed by atoms with E-state index in [1.165, 1.54) is 31.2 Å². The summed E-state index contributed by atoms with van der Waals surface area (Å²) in [5, 5.41) is 0. The summed E-state index contributed by atoms with van der Waals surface area (Å²) in [6.45, 7) is 5.13. The topological polar surface area (TPSA) is 35.2 Å². The quantitative estimate of drug-likeness (QED) is 0.542. The average Bonchev–Trinajstić information content (AvgIpc) is 2.35. The zero-order valence-corrected chi connectivity index (χ0v) is 11.2. The molecule has 0 amide bonds. The fourth-order valence-corrected chi connectivity index (χ4v) is 1.84. The van der Waals surface area contributed by atoms with Gasteiger partial charge in [0.15, 0.2) is 0 Å². The first kappa shape index (κ1) is 13.9.